The molecular weight excluding hydrogens is 711 g/mol. The van der Waals surface area contributed by atoms with Gasteiger partial charge in [0.25, 0.3) is 6.71 Å². The van der Waals surface area contributed by atoms with Crippen LogP contribution in [0.5, 0.6) is 0 Å². The molecule has 0 radical (unpaired) electrons. The van der Waals surface area contributed by atoms with Crippen molar-refractivity contribution in [3.8, 4) is 22.3 Å². The molecule has 2 nitrogen and oxygen atoms in total. The van der Waals surface area contributed by atoms with Crippen molar-refractivity contribution in [2.24, 2.45) is 23.7 Å². The van der Waals surface area contributed by atoms with Crippen molar-refractivity contribution < 1.29 is 0 Å². The Morgan fingerprint density at radius 3 is 1.75 bits per heavy atom. The van der Waals surface area contributed by atoms with Crippen molar-refractivity contribution in [1.29, 1.82) is 0 Å². The SMILES string of the molecule is c1ccc(N2c3cccc4c3B(c3ccccc3N4c3ccc4c(c3)[C@]3(C[C@H]5CC[C@@H]3C5)c3ccccc3-4)c3c2ccc2c3-c3ccccc3[C@@]23CC2CC[C@@H]3C2)cc1. The molecule has 6 aliphatic carbocycles. The molecule has 59 heavy (non-hydrogen) atoms. The maximum atomic E-state index is 2.65. The number of para-hydroxylation sites is 2. The lowest BCUT2D eigenvalue weighted by molar-refractivity contribution is 0.327. The van der Waals surface area contributed by atoms with Crippen LogP contribution in [0.4, 0.5) is 34.1 Å². The van der Waals surface area contributed by atoms with Crippen molar-refractivity contribution in [3.05, 3.63) is 174 Å². The second-order valence-corrected chi connectivity index (χ2v) is 19.6. The molecule has 0 saturated heterocycles. The number of hydrogen-bond donors (Lipinski definition) is 0. The van der Waals surface area contributed by atoms with Gasteiger partial charge < -0.3 is 9.80 Å². The summed E-state index contributed by atoms with van der Waals surface area (Å²) in [7, 11) is 0. The molecule has 0 amide bonds. The van der Waals surface area contributed by atoms with Gasteiger partial charge in [0.1, 0.15) is 0 Å². The monoisotopic (exact) mass is 756 g/mol. The van der Waals surface area contributed by atoms with Crippen LogP contribution in [0.1, 0.15) is 73.6 Å². The molecule has 2 heterocycles. The van der Waals surface area contributed by atoms with Crippen LogP contribution in [0, 0.1) is 23.7 Å². The lowest BCUT2D eigenvalue weighted by Gasteiger charge is -2.45. The highest BCUT2D eigenvalue weighted by Crippen LogP contribution is 2.67. The summed E-state index contributed by atoms with van der Waals surface area (Å²) in [6, 6.07) is 59.5. The third kappa shape index (κ3) is 3.75. The molecule has 1 unspecified atom stereocenters. The Hall–Kier alpha value is -5.80. The summed E-state index contributed by atoms with van der Waals surface area (Å²) in [4.78, 5) is 5.26. The van der Waals surface area contributed by atoms with Crippen LogP contribution in [-0.4, -0.2) is 6.71 Å². The second kappa shape index (κ2) is 11.1. The minimum atomic E-state index is 0.107. The molecule has 0 aromatic heterocycles. The molecule has 2 aliphatic heterocycles. The fraction of sp³-hybridized carbons (Fsp3) is 0.250. The van der Waals surface area contributed by atoms with Gasteiger partial charge in [-0.25, -0.2) is 0 Å². The minimum absolute atomic E-state index is 0.107. The predicted octanol–water partition coefficient (Wildman–Crippen LogP) is 11.9. The van der Waals surface area contributed by atoms with Crippen molar-refractivity contribution in [2.45, 2.75) is 62.2 Å². The van der Waals surface area contributed by atoms with E-state index in [1.165, 1.54) is 124 Å². The zero-order valence-corrected chi connectivity index (χ0v) is 33.4. The van der Waals surface area contributed by atoms with Crippen molar-refractivity contribution >= 4 is 57.2 Å². The van der Waals surface area contributed by atoms with Gasteiger partial charge in [0.2, 0.25) is 0 Å². The first kappa shape index (κ1) is 32.1. The van der Waals surface area contributed by atoms with Crippen molar-refractivity contribution in [2.75, 3.05) is 9.80 Å². The number of hydrogen-bond acceptors (Lipinski definition) is 2. The number of fused-ring (bicyclic) bond motifs is 21. The normalized spacial score (nSPS) is 27.5. The van der Waals surface area contributed by atoms with Crippen LogP contribution in [0.15, 0.2) is 152 Å². The van der Waals surface area contributed by atoms with Gasteiger partial charge in [-0.3, -0.25) is 0 Å². The summed E-state index contributed by atoms with van der Waals surface area (Å²) in [5.41, 5.74) is 24.7. The molecule has 4 bridgehead atoms. The van der Waals surface area contributed by atoms with E-state index >= 15 is 0 Å². The summed E-state index contributed by atoms with van der Waals surface area (Å²) in [5, 5.41) is 0. The maximum absolute atomic E-state index is 2.65. The van der Waals surface area contributed by atoms with Crippen LogP contribution >= 0.6 is 0 Å². The van der Waals surface area contributed by atoms with Crippen LogP contribution in [0.25, 0.3) is 22.3 Å². The highest BCUT2D eigenvalue weighted by atomic mass is 15.2. The summed E-state index contributed by atoms with van der Waals surface area (Å²) in [6.07, 6.45) is 10.9. The molecule has 8 aliphatic rings. The van der Waals surface area contributed by atoms with Crippen molar-refractivity contribution in [3.63, 3.8) is 0 Å². The first-order chi connectivity index (χ1) is 29.2. The Morgan fingerprint density at radius 2 is 1.02 bits per heavy atom. The van der Waals surface area contributed by atoms with Crippen molar-refractivity contribution in [1.82, 2.24) is 0 Å². The summed E-state index contributed by atoms with van der Waals surface area (Å²) < 4.78 is 0. The van der Waals surface area contributed by atoms with Gasteiger partial charge in [0, 0.05) is 45.0 Å². The summed E-state index contributed by atoms with van der Waals surface area (Å²) in [5.74, 6) is 3.13. The fourth-order valence-electron chi connectivity index (χ4n) is 15.5. The Morgan fingerprint density at radius 1 is 0.424 bits per heavy atom. The Kier molecular flexibility index (Phi) is 6.02. The van der Waals surface area contributed by atoms with E-state index in [2.05, 4.69) is 161 Å². The number of anilines is 6. The Labute approximate surface area is 347 Å². The molecule has 282 valence electrons. The largest absolute Gasteiger partial charge is 0.311 e. The highest BCUT2D eigenvalue weighted by molar-refractivity contribution is 7.01. The molecule has 6 atom stereocenters. The summed E-state index contributed by atoms with van der Waals surface area (Å²) >= 11 is 0. The van der Waals surface area contributed by atoms with Crippen LogP contribution in [0.2, 0.25) is 0 Å². The predicted molar refractivity (Wildman–Crippen MR) is 244 cm³/mol. The lowest BCUT2D eigenvalue weighted by Crippen LogP contribution is -2.62. The molecule has 0 N–H and O–H groups in total. The summed E-state index contributed by atoms with van der Waals surface area (Å²) in [6.45, 7) is 0.107. The molecule has 2 spiro atoms. The van der Waals surface area contributed by atoms with E-state index < -0.39 is 0 Å². The third-order valence-corrected chi connectivity index (χ3v) is 17.4. The highest BCUT2D eigenvalue weighted by Gasteiger charge is 2.59. The Bertz CT molecular complexity index is 2990. The van der Waals surface area contributed by atoms with Gasteiger partial charge in [0.05, 0.1) is 0 Å². The van der Waals surface area contributed by atoms with E-state index in [1.54, 1.807) is 22.3 Å². The molecule has 15 rings (SSSR count). The van der Waals surface area contributed by atoms with E-state index in [-0.39, 0.29) is 17.5 Å². The average Bonchev–Trinajstić information content (AvgIpc) is 4.17. The van der Waals surface area contributed by atoms with E-state index in [4.69, 9.17) is 0 Å². The van der Waals surface area contributed by atoms with Crippen LogP contribution in [-0.2, 0) is 10.8 Å². The number of benzene rings is 7. The third-order valence-electron chi connectivity index (χ3n) is 17.4. The van der Waals surface area contributed by atoms with E-state index in [0.29, 0.717) is 0 Å². The zero-order chi connectivity index (χ0) is 38.2. The molecule has 4 saturated carbocycles. The van der Waals surface area contributed by atoms with Crippen LogP contribution < -0.4 is 26.2 Å². The van der Waals surface area contributed by atoms with Crippen LogP contribution in [0.3, 0.4) is 0 Å². The topological polar surface area (TPSA) is 6.48 Å². The van der Waals surface area contributed by atoms with E-state index in [9.17, 15) is 0 Å². The zero-order valence-electron chi connectivity index (χ0n) is 33.4. The second-order valence-electron chi connectivity index (χ2n) is 19.6. The smallest absolute Gasteiger partial charge is 0.252 e. The van der Waals surface area contributed by atoms with E-state index in [1.807, 2.05) is 0 Å². The average molecular weight is 757 g/mol. The van der Waals surface area contributed by atoms with Gasteiger partial charge in [0.15, 0.2) is 0 Å². The maximum Gasteiger partial charge on any atom is 0.252 e. The fourth-order valence-corrected chi connectivity index (χ4v) is 15.5. The molecule has 3 heteroatoms. The van der Waals surface area contributed by atoms with Gasteiger partial charge >= 0.3 is 0 Å². The Balaban J connectivity index is 1.00. The quantitative estimate of drug-likeness (QED) is 0.162. The number of rotatable bonds is 2. The van der Waals surface area contributed by atoms with Gasteiger partial charge in [-0.1, -0.05) is 116 Å². The molecular formula is C56H45BN2. The first-order valence-corrected chi connectivity index (χ1v) is 22.6. The van der Waals surface area contributed by atoms with Gasteiger partial charge in [-0.05, 0) is 172 Å². The molecule has 7 aromatic carbocycles. The minimum Gasteiger partial charge on any atom is -0.311 e. The first-order valence-electron chi connectivity index (χ1n) is 22.6. The lowest BCUT2D eigenvalue weighted by atomic mass is 9.32. The molecule has 7 aromatic rings. The van der Waals surface area contributed by atoms with Gasteiger partial charge in [-0.2, -0.15) is 0 Å². The van der Waals surface area contributed by atoms with E-state index in [0.717, 1.165) is 23.7 Å². The molecule has 4 fully saturated rings. The number of nitrogens with zero attached hydrogens (tertiary/aromatic N) is 2. The standard InChI is InChI=1S/C56H45BN2/c1-2-11-38(12-3-1)58-49-19-10-20-50-53(49)57(54-51(58)28-27-45-52(54)42-14-5-7-16-44(42)55(45)32-34-21-23-36(55)29-34)47-17-8-9-18-48(47)59(50)39-25-26-41-40-13-4-6-15-43(40)56(46(41)31-39)33-35-22-24-37(56)30-35/h1-20,25-28,31,34-37H,21-24,29-30,32-33H2/t34?,35-,36+,37+,55-,56-/m0/s1. The van der Waals surface area contributed by atoms with Gasteiger partial charge in [-0.15, -0.1) is 0 Å².